The van der Waals surface area contributed by atoms with Crippen molar-refractivity contribution in [2.75, 3.05) is 26.2 Å². The summed E-state index contributed by atoms with van der Waals surface area (Å²) in [6.45, 7) is 6.78. The number of guanidine groups is 1. The molecule has 1 atom stereocenters. The summed E-state index contributed by atoms with van der Waals surface area (Å²) in [4.78, 5) is 2.53. The summed E-state index contributed by atoms with van der Waals surface area (Å²) in [5, 5.41) is 9.88. The van der Waals surface area contributed by atoms with E-state index in [1.165, 1.54) is 32.4 Å². The predicted octanol–water partition coefficient (Wildman–Crippen LogP) is 0.982. The Labute approximate surface area is 92.7 Å². The van der Waals surface area contributed by atoms with Crippen LogP contribution in [0.15, 0.2) is 0 Å². The van der Waals surface area contributed by atoms with E-state index in [0.717, 1.165) is 25.4 Å². The van der Waals surface area contributed by atoms with Gasteiger partial charge in [-0.3, -0.25) is 5.41 Å². The van der Waals surface area contributed by atoms with E-state index in [9.17, 15) is 0 Å². The van der Waals surface area contributed by atoms with Crippen LogP contribution in [0.2, 0.25) is 0 Å². The standard InChI is InChI=1S/C11H24N4/c1-10-4-2-7-15(9-5-10)8-3-6-14-11(12)13/h10H,2-9H2,1H3,(H4,12,13,14). The molecule has 4 N–H and O–H groups in total. The Hall–Kier alpha value is -0.770. The highest BCUT2D eigenvalue weighted by Crippen LogP contribution is 2.16. The molecule has 1 aliphatic heterocycles. The fourth-order valence-electron chi connectivity index (χ4n) is 2.07. The van der Waals surface area contributed by atoms with Crippen LogP contribution in [0.3, 0.4) is 0 Å². The van der Waals surface area contributed by atoms with Gasteiger partial charge in [0.25, 0.3) is 0 Å². The van der Waals surface area contributed by atoms with Gasteiger partial charge in [0.2, 0.25) is 0 Å². The van der Waals surface area contributed by atoms with Gasteiger partial charge in [-0.1, -0.05) is 6.92 Å². The summed E-state index contributed by atoms with van der Waals surface area (Å²) in [6.07, 6.45) is 5.12. The Balaban J connectivity index is 2.07. The molecular weight excluding hydrogens is 188 g/mol. The first kappa shape index (κ1) is 12.3. The van der Waals surface area contributed by atoms with E-state index >= 15 is 0 Å². The summed E-state index contributed by atoms with van der Waals surface area (Å²) in [5.41, 5.74) is 5.21. The monoisotopic (exact) mass is 212 g/mol. The largest absolute Gasteiger partial charge is 0.370 e. The minimum atomic E-state index is 0.0829. The van der Waals surface area contributed by atoms with Gasteiger partial charge in [-0.15, -0.1) is 0 Å². The zero-order valence-corrected chi connectivity index (χ0v) is 9.76. The van der Waals surface area contributed by atoms with Crippen molar-refractivity contribution in [3.63, 3.8) is 0 Å². The van der Waals surface area contributed by atoms with Crippen LogP contribution in [0, 0.1) is 11.3 Å². The molecule has 0 aromatic heterocycles. The average Bonchev–Trinajstić information content (AvgIpc) is 2.38. The fourth-order valence-corrected chi connectivity index (χ4v) is 2.07. The summed E-state index contributed by atoms with van der Waals surface area (Å²) in [5.74, 6) is 0.977. The van der Waals surface area contributed by atoms with Gasteiger partial charge in [0.1, 0.15) is 0 Å². The molecule has 0 bridgehead atoms. The van der Waals surface area contributed by atoms with Crippen molar-refractivity contribution >= 4 is 5.96 Å². The van der Waals surface area contributed by atoms with Gasteiger partial charge in [0.05, 0.1) is 0 Å². The van der Waals surface area contributed by atoms with Crippen molar-refractivity contribution in [1.82, 2.24) is 10.2 Å². The van der Waals surface area contributed by atoms with Crippen LogP contribution in [0.4, 0.5) is 0 Å². The first-order valence-corrected chi connectivity index (χ1v) is 5.98. The number of likely N-dealkylation sites (tertiary alicyclic amines) is 1. The van der Waals surface area contributed by atoms with Crippen molar-refractivity contribution in [1.29, 1.82) is 5.41 Å². The fraction of sp³-hybridized carbons (Fsp3) is 0.909. The second-order valence-corrected chi connectivity index (χ2v) is 4.57. The molecule has 0 aromatic rings. The van der Waals surface area contributed by atoms with Crippen LogP contribution >= 0.6 is 0 Å². The Morgan fingerprint density at radius 3 is 3.00 bits per heavy atom. The third-order valence-corrected chi connectivity index (χ3v) is 3.08. The van der Waals surface area contributed by atoms with Crippen molar-refractivity contribution in [2.24, 2.45) is 11.7 Å². The minimum absolute atomic E-state index is 0.0829. The summed E-state index contributed by atoms with van der Waals surface area (Å²) in [7, 11) is 0. The average molecular weight is 212 g/mol. The maximum atomic E-state index is 7.03. The van der Waals surface area contributed by atoms with Gasteiger partial charge < -0.3 is 16.0 Å². The smallest absolute Gasteiger partial charge is 0.185 e. The maximum absolute atomic E-state index is 7.03. The highest BCUT2D eigenvalue weighted by molar-refractivity contribution is 5.74. The molecular formula is C11H24N4. The molecule has 1 unspecified atom stereocenters. The molecule has 88 valence electrons. The predicted molar refractivity (Wildman–Crippen MR) is 64.0 cm³/mol. The Morgan fingerprint density at radius 2 is 2.27 bits per heavy atom. The van der Waals surface area contributed by atoms with E-state index < -0.39 is 0 Å². The van der Waals surface area contributed by atoms with Crippen molar-refractivity contribution < 1.29 is 0 Å². The lowest BCUT2D eigenvalue weighted by Gasteiger charge is -2.19. The topological polar surface area (TPSA) is 65.1 Å². The van der Waals surface area contributed by atoms with Crippen molar-refractivity contribution in [3.05, 3.63) is 0 Å². The normalized spacial score (nSPS) is 23.4. The van der Waals surface area contributed by atoms with Gasteiger partial charge in [-0.05, 0) is 51.2 Å². The molecule has 0 saturated carbocycles. The van der Waals surface area contributed by atoms with Gasteiger partial charge in [-0.2, -0.15) is 0 Å². The van der Waals surface area contributed by atoms with Crippen LogP contribution in [0.5, 0.6) is 0 Å². The Kier molecular flexibility index (Phi) is 5.47. The van der Waals surface area contributed by atoms with E-state index in [4.69, 9.17) is 11.1 Å². The molecule has 0 radical (unpaired) electrons. The van der Waals surface area contributed by atoms with Crippen LogP contribution in [-0.2, 0) is 0 Å². The van der Waals surface area contributed by atoms with Crippen LogP contribution in [0.1, 0.15) is 32.6 Å². The molecule has 15 heavy (non-hydrogen) atoms. The zero-order chi connectivity index (χ0) is 11.1. The van der Waals surface area contributed by atoms with Crippen molar-refractivity contribution in [3.8, 4) is 0 Å². The zero-order valence-electron chi connectivity index (χ0n) is 9.76. The van der Waals surface area contributed by atoms with E-state index in [-0.39, 0.29) is 5.96 Å². The van der Waals surface area contributed by atoms with Crippen LogP contribution in [0.25, 0.3) is 0 Å². The summed E-state index contributed by atoms with van der Waals surface area (Å²) in [6, 6.07) is 0. The lowest BCUT2D eigenvalue weighted by molar-refractivity contribution is 0.278. The van der Waals surface area contributed by atoms with Crippen LogP contribution in [-0.4, -0.2) is 37.0 Å². The molecule has 4 heteroatoms. The highest BCUT2D eigenvalue weighted by Gasteiger charge is 2.12. The first-order chi connectivity index (χ1) is 7.18. The molecule has 0 aromatic carbocycles. The molecule has 1 rings (SSSR count). The second kappa shape index (κ2) is 6.67. The quantitative estimate of drug-likeness (QED) is 0.370. The molecule has 0 amide bonds. The van der Waals surface area contributed by atoms with Gasteiger partial charge in [0.15, 0.2) is 5.96 Å². The number of hydrogen-bond donors (Lipinski definition) is 3. The number of hydrogen-bond acceptors (Lipinski definition) is 2. The number of nitrogens with two attached hydrogens (primary N) is 1. The van der Waals surface area contributed by atoms with Gasteiger partial charge >= 0.3 is 0 Å². The highest BCUT2D eigenvalue weighted by atomic mass is 15.1. The van der Waals surface area contributed by atoms with E-state index in [0.29, 0.717) is 0 Å². The molecule has 0 aliphatic carbocycles. The number of rotatable bonds is 4. The summed E-state index contributed by atoms with van der Waals surface area (Å²) >= 11 is 0. The van der Waals surface area contributed by atoms with Gasteiger partial charge in [-0.25, -0.2) is 0 Å². The molecule has 1 fully saturated rings. The SMILES string of the molecule is CC1CCCN(CCCNC(=N)N)CC1. The Morgan fingerprint density at radius 1 is 1.47 bits per heavy atom. The second-order valence-electron chi connectivity index (χ2n) is 4.57. The number of nitrogens with one attached hydrogen (secondary N) is 2. The Bertz CT molecular complexity index is 193. The van der Waals surface area contributed by atoms with Crippen LogP contribution < -0.4 is 11.1 Å². The molecule has 4 nitrogen and oxygen atoms in total. The third-order valence-electron chi connectivity index (χ3n) is 3.08. The first-order valence-electron chi connectivity index (χ1n) is 5.98. The lowest BCUT2D eigenvalue weighted by Crippen LogP contribution is -2.33. The van der Waals surface area contributed by atoms with E-state index in [1.807, 2.05) is 0 Å². The lowest BCUT2D eigenvalue weighted by atomic mass is 10.0. The summed E-state index contributed by atoms with van der Waals surface area (Å²) < 4.78 is 0. The third kappa shape index (κ3) is 5.62. The van der Waals surface area contributed by atoms with Crippen molar-refractivity contribution in [2.45, 2.75) is 32.6 Å². The van der Waals surface area contributed by atoms with E-state index in [2.05, 4.69) is 17.1 Å². The molecule has 0 spiro atoms. The molecule has 1 heterocycles. The number of nitrogens with zero attached hydrogens (tertiary/aromatic N) is 1. The van der Waals surface area contributed by atoms with Gasteiger partial charge in [0, 0.05) is 6.54 Å². The molecule has 1 aliphatic rings. The molecule has 1 saturated heterocycles. The minimum Gasteiger partial charge on any atom is -0.370 e. The van der Waals surface area contributed by atoms with E-state index in [1.54, 1.807) is 0 Å². The maximum Gasteiger partial charge on any atom is 0.185 e.